The molecule has 1 aromatic rings. The highest BCUT2D eigenvalue weighted by atomic mass is 16.5. The summed E-state index contributed by atoms with van der Waals surface area (Å²) in [6, 6.07) is 9.58. The van der Waals surface area contributed by atoms with Crippen molar-refractivity contribution < 1.29 is 14.3 Å². The van der Waals surface area contributed by atoms with Crippen LogP contribution in [0.2, 0.25) is 0 Å². The van der Waals surface area contributed by atoms with Crippen molar-refractivity contribution in [3.8, 4) is 0 Å². The molecule has 130 valence electrons. The SMILES string of the molecule is CNC1CCCN(C(=O)[C@H]2COCC(=O)N2Cc2ccccc2)C1. The number of likely N-dealkylation sites (tertiary alicyclic amines) is 1. The topological polar surface area (TPSA) is 61.9 Å². The number of amides is 2. The van der Waals surface area contributed by atoms with Gasteiger partial charge in [-0.05, 0) is 25.5 Å². The second-order valence-corrected chi connectivity index (χ2v) is 6.45. The number of hydrogen-bond acceptors (Lipinski definition) is 4. The zero-order valence-electron chi connectivity index (χ0n) is 14.1. The van der Waals surface area contributed by atoms with E-state index in [4.69, 9.17) is 4.74 Å². The summed E-state index contributed by atoms with van der Waals surface area (Å²) in [4.78, 5) is 28.9. The van der Waals surface area contributed by atoms with Gasteiger partial charge in [0.05, 0.1) is 6.61 Å². The molecule has 1 unspecified atom stereocenters. The molecule has 1 aromatic carbocycles. The molecule has 6 nitrogen and oxygen atoms in total. The van der Waals surface area contributed by atoms with Crippen molar-refractivity contribution in [2.75, 3.05) is 33.4 Å². The molecule has 0 bridgehead atoms. The molecule has 2 atom stereocenters. The Morgan fingerprint density at radius 1 is 1.33 bits per heavy atom. The average molecular weight is 331 g/mol. The van der Waals surface area contributed by atoms with Crippen molar-refractivity contribution >= 4 is 11.8 Å². The lowest BCUT2D eigenvalue weighted by atomic mass is 10.0. The molecule has 3 rings (SSSR count). The molecule has 0 radical (unpaired) electrons. The van der Waals surface area contributed by atoms with Crippen LogP contribution in [0.25, 0.3) is 0 Å². The summed E-state index contributed by atoms with van der Waals surface area (Å²) in [5.74, 6) is -0.121. The van der Waals surface area contributed by atoms with Crippen molar-refractivity contribution in [1.82, 2.24) is 15.1 Å². The van der Waals surface area contributed by atoms with Gasteiger partial charge in [-0.3, -0.25) is 9.59 Å². The van der Waals surface area contributed by atoms with E-state index in [9.17, 15) is 9.59 Å². The van der Waals surface area contributed by atoms with E-state index in [1.165, 1.54) is 0 Å². The van der Waals surface area contributed by atoms with Crippen LogP contribution in [-0.2, 0) is 20.9 Å². The van der Waals surface area contributed by atoms with E-state index in [0.717, 1.165) is 24.9 Å². The van der Waals surface area contributed by atoms with Gasteiger partial charge in [0.2, 0.25) is 11.8 Å². The maximum Gasteiger partial charge on any atom is 0.249 e. The van der Waals surface area contributed by atoms with Crippen molar-refractivity contribution in [3.05, 3.63) is 35.9 Å². The van der Waals surface area contributed by atoms with Crippen LogP contribution in [0.15, 0.2) is 30.3 Å². The molecule has 0 spiro atoms. The van der Waals surface area contributed by atoms with Crippen molar-refractivity contribution in [2.45, 2.75) is 31.5 Å². The Bertz CT molecular complexity index is 578. The first kappa shape index (κ1) is 16.9. The molecule has 0 aliphatic carbocycles. The molecule has 2 aliphatic heterocycles. The van der Waals surface area contributed by atoms with Gasteiger partial charge in [0.1, 0.15) is 12.6 Å². The third kappa shape index (κ3) is 3.76. The number of nitrogens with one attached hydrogen (secondary N) is 1. The minimum absolute atomic E-state index is 0.000990. The molecular weight excluding hydrogens is 306 g/mol. The summed E-state index contributed by atoms with van der Waals surface area (Å²) in [5, 5.41) is 3.25. The number of piperidine rings is 1. The number of benzene rings is 1. The van der Waals surface area contributed by atoms with E-state index in [0.29, 0.717) is 19.1 Å². The van der Waals surface area contributed by atoms with Crippen molar-refractivity contribution in [2.24, 2.45) is 0 Å². The summed E-state index contributed by atoms with van der Waals surface area (Å²) in [6.45, 7) is 2.22. The van der Waals surface area contributed by atoms with Gasteiger partial charge in [0.25, 0.3) is 0 Å². The summed E-state index contributed by atoms with van der Waals surface area (Å²) < 4.78 is 5.37. The van der Waals surface area contributed by atoms with Crippen LogP contribution < -0.4 is 5.32 Å². The summed E-state index contributed by atoms with van der Waals surface area (Å²) in [6.07, 6.45) is 2.06. The first-order valence-corrected chi connectivity index (χ1v) is 8.56. The first-order valence-electron chi connectivity index (χ1n) is 8.56. The van der Waals surface area contributed by atoms with E-state index in [2.05, 4.69) is 5.32 Å². The number of carbonyl (C=O) groups excluding carboxylic acids is 2. The fraction of sp³-hybridized carbons (Fsp3) is 0.556. The number of hydrogen-bond donors (Lipinski definition) is 1. The van der Waals surface area contributed by atoms with E-state index in [1.807, 2.05) is 42.3 Å². The standard InChI is InChI=1S/C18H25N3O3/c1-19-15-8-5-9-20(11-15)18(23)16-12-24-13-17(22)21(16)10-14-6-3-2-4-7-14/h2-4,6-7,15-16,19H,5,8-13H2,1H3/t15?,16-/m1/s1. The molecule has 2 fully saturated rings. The smallest absolute Gasteiger partial charge is 0.249 e. The van der Waals surface area contributed by atoms with Gasteiger partial charge in [-0.1, -0.05) is 30.3 Å². The maximum atomic E-state index is 13.0. The Hall–Kier alpha value is -1.92. The average Bonchev–Trinajstić information content (AvgIpc) is 2.64. The summed E-state index contributed by atoms with van der Waals surface area (Å²) in [7, 11) is 1.92. The predicted molar refractivity (Wildman–Crippen MR) is 90.3 cm³/mol. The van der Waals surface area contributed by atoms with Crippen LogP contribution in [-0.4, -0.2) is 67.0 Å². The number of carbonyl (C=O) groups is 2. The molecule has 0 aromatic heterocycles. The molecule has 2 heterocycles. The predicted octanol–water partition coefficient (Wildman–Crippen LogP) is 0.624. The minimum Gasteiger partial charge on any atom is -0.369 e. The first-order chi connectivity index (χ1) is 11.7. The Balaban J connectivity index is 1.73. The van der Waals surface area contributed by atoms with E-state index < -0.39 is 6.04 Å². The number of morpholine rings is 1. The molecule has 6 heteroatoms. The van der Waals surface area contributed by atoms with Gasteiger partial charge in [-0.15, -0.1) is 0 Å². The maximum absolute atomic E-state index is 13.0. The zero-order valence-corrected chi connectivity index (χ0v) is 14.1. The Kier molecular flexibility index (Phi) is 5.48. The highest BCUT2D eigenvalue weighted by Crippen LogP contribution is 2.18. The largest absolute Gasteiger partial charge is 0.369 e. The Morgan fingerprint density at radius 3 is 2.88 bits per heavy atom. The van der Waals surface area contributed by atoms with Crippen LogP contribution in [0.1, 0.15) is 18.4 Å². The lowest BCUT2D eigenvalue weighted by Crippen LogP contribution is -2.59. The van der Waals surface area contributed by atoms with Gasteiger partial charge in [-0.25, -0.2) is 0 Å². The molecule has 1 N–H and O–H groups in total. The molecule has 24 heavy (non-hydrogen) atoms. The van der Waals surface area contributed by atoms with Gasteiger partial charge in [0.15, 0.2) is 0 Å². The Morgan fingerprint density at radius 2 is 2.12 bits per heavy atom. The normalized spacial score (nSPS) is 25.0. The molecular formula is C18H25N3O3. The van der Waals surface area contributed by atoms with E-state index in [1.54, 1.807) is 4.90 Å². The number of likely N-dealkylation sites (N-methyl/N-ethyl adjacent to an activating group) is 1. The van der Waals surface area contributed by atoms with Crippen molar-refractivity contribution in [3.63, 3.8) is 0 Å². The fourth-order valence-electron chi connectivity index (χ4n) is 3.41. The molecule has 2 saturated heterocycles. The second-order valence-electron chi connectivity index (χ2n) is 6.45. The minimum atomic E-state index is -0.526. The van der Waals surface area contributed by atoms with Crippen LogP contribution in [0, 0.1) is 0 Å². The molecule has 2 aliphatic rings. The van der Waals surface area contributed by atoms with Gasteiger partial charge in [-0.2, -0.15) is 0 Å². The highest BCUT2D eigenvalue weighted by molar-refractivity contribution is 5.89. The lowest BCUT2D eigenvalue weighted by Gasteiger charge is -2.40. The van der Waals surface area contributed by atoms with Crippen LogP contribution in [0.3, 0.4) is 0 Å². The summed E-state index contributed by atoms with van der Waals surface area (Å²) in [5.41, 5.74) is 1.03. The van der Waals surface area contributed by atoms with Gasteiger partial charge in [0, 0.05) is 25.7 Å². The van der Waals surface area contributed by atoms with E-state index >= 15 is 0 Å². The third-order valence-corrected chi connectivity index (χ3v) is 4.82. The Labute approximate surface area is 142 Å². The van der Waals surface area contributed by atoms with Gasteiger partial charge < -0.3 is 19.9 Å². The number of rotatable bonds is 4. The molecule has 0 saturated carbocycles. The summed E-state index contributed by atoms with van der Waals surface area (Å²) >= 11 is 0. The number of nitrogens with zero attached hydrogens (tertiary/aromatic N) is 2. The van der Waals surface area contributed by atoms with E-state index in [-0.39, 0.29) is 25.0 Å². The van der Waals surface area contributed by atoms with Crippen LogP contribution >= 0.6 is 0 Å². The second kappa shape index (κ2) is 7.77. The van der Waals surface area contributed by atoms with Crippen molar-refractivity contribution in [1.29, 1.82) is 0 Å². The number of ether oxygens (including phenoxy) is 1. The van der Waals surface area contributed by atoms with Crippen LogP contribution in [0.4, 0.5) is 0 Å². The highest BCUT2D eigenvalue weighted by Gasteiger charge is 2.37. The van der Waals surface area contributed by atoms with Crippen LogP contribution in [0.5, 0.6) is 0 Å². The van der Waals surface area contributed by atoms with Gasteiger partial charge >= 0.3 is 0 Å². The fourth-order valence-corrected chi connectivity index (χ4v) is 3.41. The zero-order chi connectivity index (χ0) is 16.9. The monoisotopic (exact) mass is 331 g/mol. The lowest BCUT2D eigenvalue weighted by molar-refractivity contribution is -0.160. The third-order valence-electron chi connectivity index (χ3n) is 4.82. The quantitative estimate of drug-likeness (QED) is 0.879. The molecule has 2 amide bonds.